The van der Waals surface area contributed by atoms with Crippen molar-refractivity contribution in [3.05, 3.63) is 34.9 Å². The van der Waals surface area contributed by atoms with E-state index < -0.39 is 10.0 Å². The van der Waals surface area contributed by atoms with E-state index in [9.17, 15) is 8.42 Å². The normalized spacial score (nSPS) is 15.9. The Morgan fingerprint density at radius 2 is 2.06 bits per heavy atom. The molecule has 0 bridgehead atoms. The predicted molar refractivity (Wildman–Crippen MR) is 76.6 cm³/mol. The first-order chi connectivity index (χ1) is 8.47. The monoisotopic (exact) mass is 304 g/mol. The Morgan fingerprint density at radius 3 is 2.67 bits per heavy atom. The van der Waals surface area contributed by atoms with Crippen LogP contribution in [-0.4, -0.2) is 37.2 Å². The maximum absolute atomic E-state index is 11.5. The maximum Gasteiger partial charge on any atom is 0.233 e. The molecule has 7 heteroatoms. The quantitative estimate of drug-likeness (QED) is 0.860. The zero-order valence-electron chi connectivity index (χ0n) is 9.84. The SMILES string of the molecule is CS(=O)(=O)N1CCN=C1SCc1ccc(Cl)cc1. The molecule has 0 atom stereocenters. The molecule has 18 heavy (non-hydrogen) atoms. The molecule has 0 saturated carbocycles. The van der Waals surface area contributed by atoms with Gasteiger partial charge in [0.15, 0.2) is 5.17 Å². The smallest absolute Gasteiger partial charge is 0.233 e. The maximum atomic E-state index is 11.5. The minimum Gasteiger partial charge on any atom is -0.260 e. The van der Waals surface area contributed by atoms with Gasteiger partial charge in [-0.25, -0.2) is 12.7 Å². The molecule has 0 aromatic heterocycles. The molecule has 2 rings (SSSR count). The summed E-state index contributed by atoms with van der Waals surface area (Å²) in [7, 11) is -3.20. The molecule has 0 radical (unpaired) electrons. The number of nitrogens with zero attached hydrogens (tertiary/aromatic N) is 2. The van der Waals surface area contributed by atoms with Gasteiger partial charge in [-0.05, 0) is 17.7 Å². The van der Waals surface area contributed by atoms with Gasteiger partial charge in [0.05, 0.1) is 19.3 Å². The van der Waals surface area contributed by atoms with Crippen molar-refractivity contribution in [1.29, 1.82) is 0 Å². The van der Waals surface area contributed by atoms with Crippen molar-refractivity contribution in [1.82, 2.24) is 4.31 Å². The zero-order valence-corrected chi connectivity index (χ0v) is 12.2. The molecule has 0 amide bonds. The largest absolute Gasteiger partial charge is 0.260 e. The third-order valence-corrected chi connectivity index (χ3v) is 5.05. The van der Waals surface area contributed by atoms with E-state index in [2.05, 4.69) is 4.99 Å². The second-order valence-electron chi connectivity index (χ2n) is 3.91. The fourth-order valence-electron chi connectivity index (χ4n) is 1.56. The van der Waals surface area contributed by atoms with Crippen LogP contribution in [0.5, 0.6) is 0 Å². The van der Waals surface area contributed by atoms with Gasteiger partial charge in [-0.15, -0.1) is 0 Å². The van der Waals surface area contributed by atoms with Crippen molar-refractivity contribution in [3.8, 4) is 0 Å². The van der Waals surface area contributed by atoms with Gasteiger partial charge in [0.1, 0.15) is 0 Å². The third kappa shape index (κ3) is 3.40. The molecule has 1 aromatic rings. The highest BCUT2D eigenvalue weighted by molar-refractivity contribution is 8.14. The van der Waals surface area contributed by atoms with E-state index in [4.69, 9.17) is 11.6 Å². The summed E-state index contributed by atoms with van der Waals surface area (Å²) in [6, 6.07) is 7.50. The van der Waals surface area contributed by atoms with Gasteiger partial charge in [-0.2, -0.15) is 0 Å². The Labute approximate surface area is 116 Å². The van der Waals surface area contributed by atoms with Crippen LogP contribution in [0.25, 0.3) is 0 Å². The summed E-state index contributed by atoms with van der Waals surface area (Å²) in [6.45, 7) is 0.984. The Kier molecular flexibility index (Phi) is 4.19. The van der Waals surface area contributed by atoms with Crippen molar-refractivity contribution in [2.45, 2.75) is 5.75 Å². The first-order valence-corrected chi connectivity index (χ1v) is 8.57. The summed E-state index contributed by atoms with van der Waals surface area (Å²) in [6.07, 6.45) is 1.21. The lowest BCUT2D eigenvalue weighted by Gasteiger charge is -2.16. The Balaban J connectivity index is 2.00. The lowest BCUT2D eigenvalue weighted by Crippen LogP contribution is -2.31. The Morgan fingerprint density at radius 1 is 1.39 bits per heavy atom. The van der Waals surface area contributed by atoms with Crippen LogP contribution in [-0.2, 0) is 15.8 Å². The van der Waals surface area contributed by atoms with Crippen molar-refractivity contribution in [2.75, 3.05) is 19.3 Å². The molecule has 0 N–H and O–H groups in total. The van der Waals surface area contributed by atoms with Crippen molar-refractivity contribution in [3.63, 3.8) is 0 Å². The van der Waals surface area contributed by atoms with Crippen LogP contribution in [0.2, 0.25) is 5.02 Å². The van der Waals surface area contributed by atoms with E-state index in [1.54, 1.807) is 0 Å². The topological polar surface area (TPSA) is 49.7 Å². The number of halogens is 1. The average Bonchev–Trinajstić information content (AvgIpc) is 2.76. The number of benzene rings is 1. The average molecular weight is 305 g/mol. The third-order valence-electron chi connectivity index (χ3n) is 2.45. The molecule has 1 aliphatic heterocycles. The predicted octanol–water partition coefficient (Wildman–Crippen LogP) is 2.20. The van der Waals surface area contributed by atoms with E-state index in [0.717, 1.165) is 5.56 Å². The number of hydrogen-bond acceptors (Lipinski definition) is 4. The van der Waals surface area contributed by atoms with Crippen LogP contribution >= 0.6 is 23.4 Å². The van der Waals surface area contributed by atoms with Crippen LogP contribution in [0, 0.1) is 0 Å². The number of aliphatic imine (C=N–C) groups is 1. The molecule has 0 unspecified atom stereocenters. The van der Waals surface area contributed by atoms with Crippen LogP contribution in [0.3, 0.4) is 0 Å². The van der Waals surface area contributed by atoms with E-state index in [0.29, 0.717) is 29.0 Å². The van der Waals surface area contributed by atoms with E-state index in [-0.39, 0.29) is 0 Å². The van der Waals surface area contributed by atoms with Crippen molar-refractivity contribution < 1.29 is 8.42 Å². The molecule has 0 saturated heterocycles. The number of rotatable bonds is 3. The van der Waals surface area contributed by atoms with Crippen LogP contribution in [0.1, 0.15) is 5.56 Å². The van der Waals surface area contributed by atoms with Crippen LogP contribution in [0.4, 0.5) is 0 Å². The Bertz CT molecular complexity index is 555. The highest BCUT2D eigenvalue weighted by Crippen LogP contribution is 2.22. The van der Waals surface area contributed by atoms with E-state index in [1.165, 1.54) is 22.3 Å². The molecule has 1 aliphatic rings. The number of sulfonamides is 1. The summed E-state index contributed by atoms with van der Waals surface area (Å²) in [4.78, 5) is 4.22. The first kappa shape index (κ1) is 13.7. The molecule has 98 valence electrons. The number of amidine groups is 1. The Hall–Kier alpha value is -0.720. The molecule has 0 fully saturated rings. The summed E-state index contributed by atoms with van der Waals surface area (Å²) >= 11 is 7.24. The molecule has 1 aromatic carbocycles. The van der Waals surface area contributed by atoms with Gasteiger partial charge in [0.25, 0.3) is 0 Å². The first-order valence-electron chi connectivity index (χ1n) is 5.36. The minimum absolute atomic E-state index is 0.446. The van der Waals surface area contributed by atoms with Gasteiger partial charge in [-0.1, -0.05) is 35.5 Å². The summed E-state index contributed by atoms with van der Waals surface area (Å²) in [5.74, 6) is 0.683. The van der Waals surface area contributed by atoms with Gasteiger partial charge < -0.3 is 0 Å². The van der Waals surface area contributed by atoms with E-state index in [1.807, 2.05) is 24.3 Å². The highest BCUT2D eigenvalue weighted by Gasteiger charge is 2.25. The molecule has 0 spiro atoms. The molecule has 4 nitrogen and oxygen atoms in total. The summed E-state index contributed by atoms with van der Waals surface area (Å²) in [5.41, 5.74) is 1.09. The van der Waals surface area contributed by atoms with Crippen molar-refractivity contribution >= 4 is 38.6 Å². The zero-order chi connectivity index (χ0) is 13.2. The highest BCUT2D eigenvalue weighted by atomic mass is 35.5. The molecular weight excluding hydrogens is 292 g/mol. The van der Waals surface area contributed by atoms with Gasteiger partial charge in [0.2, 0.25) is 10.0 Å². The van der Waals surface area contributed by atoms with Crippen molar-refractivity contribution in [2.24, 2.45) is 4.99 Å². The van der Waals surface area contributed by atoms with Gasteiger partial charge in [-0.3, -0.25) is 4.99 Å². The summed E-state index contributed by atoms with van der Waals surface area (Å²) in [5, 5.41) is 1.27. The number of hydrogen-bond donors (Lipinski definition) is 0. The second kappa shape index (κ2) is 5.50. The lowest BCUT2D eigenvalue weighted by molar-refractivity contribution is 0.547. The molecule has 1 heterocycles. The lowest BCUT2D eigenvalue weighted by atomic mass is 10.2. The van der Waals surface area contributed by atoms with E-state index >= 15 is 0 Å². The fraction of sp³-hybridized carbons (Fsp3) is 0.364. The fourth-order valence-corrected chi connectivity index (χ4v) is 3.92. The molecular formula is C11H13ClN2O2S2. The van der Waals surface area contributed by atoms with Crippen LogP contribution < -0.4 is 0 Å². The summed E-state index contributed by atoms with van der Waals surface area (Å²) < 4.78 is 24.4. The number of thioether (sulfide) groups is 1. The second-order valence-corrected chi connectivity index (χ2v) is 7.20. The van der Waals surface area contributed by atoms with Gasteiger partial charge in [0, 0.05) is 10.8 Å². The standard InChI is InChI=1S/C11H13ClN2O2S2/c1-18(15,16)14-7-6-13-11(14)17-8-9-2-4-10(12)5-3-9/h2-5H,6-8H2,1H3. The molecule has 0 aliphatic carbocycles. The van der Waals surface area contributed by atoms with Gasteiger partial charge >= 0.3 is 0 Å². The minimum atomic E-state index is -3.20. The van der Waals surface area contributed by atoms with Crippen LogP contribution in [0.15, 0.2) is 29.3 Å².